The van der Waals surface area contributed by atoms with Gasteiger partial charge in [-0.05, 0) is 30.7 Å². The zero-order valence-electron chi connectivity index (χ0n) is 14.8. The van der Waals surface area contributed by atoms with Crippen LogP contribution in [-0.2, 0) is 22.5 Å². The first-order valence-electron chi connectivity index (χ1n) is 8.46. The Labute approximate surface area is 167 Å². The lowest BCUT2D eigenvalue weighted by molar-refractivity contribution is -0.143. The lowest BCUT2D eigenvalue weighted by atomic mass is 10.1. The van der Waals surface area contributed by atoms with Gasteiger partial charge in [0.25, 0.3) is 0 Å². The number of rotatable bonds is 7. The van der Waals surface area contributed by atoms with Gasteiger partial charge in [-0.2, -0.15) is 0 Å². The zero-order valence-corrected chi connectivity index (χ0v) is 16.3. The molecule has 0 atom stereocenters. The van der Waals surface area contributed by atoms with Gasteiger partial charge in [-0.25, -0.2) is 4.98 Å². The normalized spacial score (nSPS) is 10.6. The molecule has 0 unspecified atom stereocenters. The van der Waals surface area contributed by atoms with E-state index in [0.717, 1.165) is 16.9 Å². The first kappa shape index (κ1) is 19.3. The van der Waals surface area contributed by atoms with E-state index in [2.05, 4.69) is 10.3 Å². The number of benzene rings is 2. The fourth-order valence-electron chi connectivity index (χ4n) is 2.63. The van der Waals surface area contributed by atoms with E-state index in [4.69, 9.17) is 27.9 Å². The number of para-hydroxylation sites is 2. The minimum atomic E-state index is -0.299. The number of carbonyl (C=O) groups excluding carboxylic acids is 1. The molecule has 7 heteroatoms. The Hall–Kier alpha value is -2.50. The summed E-state index contributed by atoms with van der Waals surface area (Å²) in [6.07, 6.45) is 3.63. The third kappa shape index (κ3) is 5.02. The fraction of sp³-hybridized carbons (Fsp3) is 0.200. The molecule has 2 aromatic carbocycles. The highest BCUT2D eigenvalue weighted by molar-refractivity contribution is 6.39. The average Bonchev–Trinajstić information content (AvgIpc) is 3.05. The van der Waals surface area contributed by atoms with Crippen LogP contribution in [0.25, 0.3) is 0 Å². The molecule has 1 N–H and O–H groups in total. The molecule has 140 valence electrons. The van der Waals surface area contributed by atoms with Crippen LogP contribution in [0, 0.1) is 6.92 Å². The molecule has 0 saturated heterocycles. The van der Waals surface area contributed by atoms with E-state index >= 15 is 0 Å². The summed E-state index contributed by atoms with van der Waals surface area (Å²) >= 11 is 12.4. The van der Waals surface area contributed by atoms with Crippen molar-refractivity contribution < 1.29 is 9.53 Å². The summed E-state index contributed by atoms with van der Waals surface area (Å²) in [5, 5.41) is 4.24. The van der Waals surface area contributed by atoms with Gasteiger partial charge >= 0.3 is 5.97 Å². The van der Waals surface area contributed by atoms with Crippen LogP contribution in [-0.4, -0.2) is 22.1 Å². The molecule has 0 saturated carbocycles. The molecular weight excluding hydrogens is 385 g/mol. The summed E-state index contributed by atoms with van der Waals surface area (Å²) in [6, 6.07) is 12.8. The van der Waals surface area contributed by atoms with Crippen molar-refractivity contribution >= 4 is 40.5 Å². The molecule has 3 aromatic rings. The van der Waals surface area contributed by atoms with Crippen LogP contribution in [0.15, 0.2) is 55.0 Å². The molecule has 27 heavy (non-hydrogen) atoms. The lowest BCUT2D eigenvalue weighted by Gasteiger charge is -2.14. The van der Waals surface area contributed by atoms with Gasteiger partial charge in [0.2, 0.25) is 0 Å². The number of anilines is 2. The molecule has 0 aliphatic heterocycles. The second-order valence-corrected chi connectivity index (χ2v) is 6.82. The Morgan fingerprint density at radius 3 is 2.59 bits per heavy atom. The minimum Gasteiger partial charge on any atom is -0.464 e. The topological polar surface area (TPSA) is 56.2 Å². The van der Waals surface area contributed by atoms with Crippen LogP contribution in [0.2, 0.25) is 10.0 Å². The number of hydrogen-bond donors (Lipinski definition) is 1. The van der Waals surface area contributed by atoms with Gasteiger partial charge in [0.1, 0.15) is 6.61 Å². The Morgan fingerprint density at radius 2 is 1.89 bits per heavy atom. The van der Waals surface area contributed by atoms with E-state index in [1.807, 2.05) is 35.8 Å². The average molecular weight is 404 g/mol. The number of nitrogens with zero attached hydrogens (tertiary/aromatic N) is 2. The molecule has 0 aliphatic carbocycles. The third-order valence-corrected chi connectivity index (χ3v) is 4.72. The molecule has 0 bridgehead atoms. The molecule has 1 aromatic heterocycles. The Bertz CT molecular complexity index is 920. The quantitative estimate of drug-likeness (QED) is 0.562. The summed E-state index contributed by atoms with van der Waals surface area (Å²) in [5.41, 5.74) is 3.20. The van der Waals surface area contributed by atoms with Crippen molar-refractivity contribution in [2.45, 2.75) is 19.9 Å². The monoisotopic (exact) mass is 403 g/mol. The van der Waals surface area contributed by atoms with Gasteiger partial charge in [-0.1, -0.05) is 47.5 Å². The number of hydrogen-bond acceptors (Lipinski definition) is 4. The van der Waals surface area contributed by atoms with Crippen molar-refractivity contribution in [3.63, 3.8) is 0 Å². The SMILES string of the molecule is Cc1cncn1CCOC(=O)Cc1ccccc1Nc1c(Cl)cccc1Cl. The van der Waals surface area contributed by atoms with Crippen LogP contribution in [0.3, 0.4) is 0 Å². The number of carbonyl (C=O) groups is 1. The standard InChI is InChI=1S/C20H19Cl2N3O2/c1-14-12-23-13-25(14)9-10-27-19(26)11-15-5-2-3-8-18(15)24-20-16(21)6-4-7-17(20)22/h2-8,12-13,24H,9-11H2,1H3. The molecule has 0 spiro atoms. The number of halogens is 2. The maximum Gasteiger partial charge on any atom is 0.310 e. The predicted octanol–water partition coefficient (Wildman–Crippen LogP) is 5.03. The summed E-state index contributed by atoms with van der Waals surface area (Å²) < 4.78 is 7.29. The van der Waals surface area contributed by atoms with Gasteiger partial charge < -0.3 is 14.6 Å². The first-order valence-corrected chi connectivity index (χ1v) is 9.21. The number of imidazole rings is 1. The summed E-state index contributed by atoms with van der Waals surface area (Å²) in [7, 11) is 0. The van der Waals surface area contributed by atoms with Crippen molar-refractivity contribution in [3.05, 3.63) is 76.3 Å². The van der Waals surface area contributed by atoms with Gasteiger partial charge in [0, 0.05) is 17.6 Å². The van der Waals surface area contributed by atoms with E-state index < -0.39 is 0 Å². The number of ether oxygens (including phenoxy) is 1. The van der Waals surface area contributed by atoms with Gasteiger partial charge in [-0.15, -0.1) is 0 Å². The number of aryl methyl sites for hydroxylation is 1. The molecule has 0 aliphatic rings. The van der Waals surface area contributed by atoms with E-state index in [9.17, 15) is 4.79 Å². The highest BCUT2D eigenvalue weighted by Gasteiger charge is 2.12. The van der Waals surface area contributed by atoms with E-state index in [1.54, 1.807) is 30.7 Å². The van der Waals surface area contributed by atoms with Crippen LogP contribution < -0.4 is 5.32 Å². The van der Waals surface area contributed by atoms with Gasteiger partial charge in [0.05, 0.1) is 35.0 Å². The Balaban J connectivity index is 1.63. The summed E-state index contributed by atoms with van der Waals surface area (Å²) in [4.78, 5) is 16.3. The molecule has 0 radical (unpaired) electrons. The maximum atomic E-state index is 12.2. The zero-order chi connectivity index (χ0) is 19.2. The van der Waals surface area contributed by atoms with Crippen LogP contribution in [0.5, 0.6) is 0 Å². The van der Waals surface area contributed by atoms with Crippen molar-refractivity contribution in [2.24, 2.45) is 0 Å². The fourth-order valence-corrected chi connectivity index (χ4v) is 3.13. The molecule has 1 heterocycles. The number of esters is 1. The Kier molecular flexibility index (Phi) is 6.37. The number of aromatic nitrogens is 2. The molecule has 5 nitrogen and oxygen atoms in total. The second-order valence-electron chi connectivity index (χ2n) is 6.00. The van der Waals surface area contributed by atoms with Crippen molar-refractivity contribution in [1.29, 1.82) is 0 Å². The Morgan fingerprint density at radius 1 is 1.15 bits per heavy atom. The van der Waals surface area contributed by atoms with Crippen LogP contribution in [0.4, 0.5) is 11.4 Å². The molecule has 0 fully saturated rings. The first-order chi connectivity index (χ1) is 13.0. The van der Waals surface area contributed by atoms with E-state index in [0.29, 0.717) is 28.9 Å². The highest BCUT2D eigenvalue weighted by Crippen LogP contribution is 2.33. The van der Waals surface area contributed by atoms with E-state index in [-0.39, 0.29) is 12.4 Å². The van der Waals surface area contributed by atoms with E-state index in [1.165, 1.54) is 0 Å². The highest BCUT2D eigenvalue weighted by atomic mass is 35.5. The van der Waals surface area contributed by atoms with Gasteiger partial charge in [0.15, 0.2) is 0 Å². The van der Waals surface area contributed by atoms with Gasteiger partial charge in [-0.3, -0.25) is 4.79 Å². The predicted molar refractivity (Wildman–Crippen MR) is 108 cm³/mol. The second kappa shape index (κ2) is 8.93. The van der Waals surface area contributed by atoms with Crippen LogP contribution >= 0.6 is 23.2 Å². The minimum absolute atomic E-state index is 0.147. The smallest absolute Gasteiger partial charge is 0.310 e. The maximum absolute atomic E-state index is 12.2. The van der Waals surface area contributed by atoms with Crippen molar-refractivity contribution in [3.8, 4) is 0 Å². The number of nitrogens with one attached hydrogen (secondary N) is 1. The van der Waals surface area contributed by atoms with Crippen molar-refractivity contribution in [1.82, 2.24) is 9.55 Å². The molecular formula is C20H19Cl2N3O2. The molecule has 0 amide bonds. The largest absolute Gasteiger partial charge is 0.464 e. The lowest BCUT2D eigenvalue weighted by Crippen LogP contribution is -2.14. The van der Waals surface area contributed by atoms with Crippen molar-refractivity contribution in [2.75, 3.05) is 11.9 Å². The summed E-state index contributed by atoms with van der Waals surface area (Å²) in [6.45, 7) is 2.82. The third-order valence-electron chi connectivity index (χ3n) is 4.09. The van der Waals surface area contributed by atoms with Crippen LogP contribution in [0.1, 0.15) is 11.3 Å². The molecule has 3 rings (SSSR count). The summed E-state index contributed by atoms with van der Waals surface area (Å²) in [5.74, 6) is -0.299.